The van der Waals surface area contributed by atoms with Gasteiger partial charge in [0.15, 0.2) is 5.78 Å². The maximum Gasteiger partial charge on any atom is 0.168 e. The van der Waals surface area contributed by atoms with Gasteiger partial charge in [-0.1, -0.05) is 49.0 Å². The maximum atomic E-state index is 12.3. The van der Waals surface area contributed by atoms with Gasteiger partial charge in [-0.15, -0.1) is 0 Å². The standard InChI is InChI=1S/C17H14O2S/c1-11(10-18)12-6-7-16-13(8-12)9-15(19)14-4-2-3-5-17(14)20-16/h2-8,10-11H,9H2,1H3. The first kappa shape index (κ1) is 13.1. The van der Waals surface area contributed by atoms with Gasteiger partial charge in [0, 0.05) is 27.7 Å². The quantitative estimate of drug-likeness (QED) is 0.784. The first-order valence-electron chi connectivity index (χ1n) is 6.57. The molecule has 0 fully saturated rings. The van der Waals surface area contributed by atoms with Gasteiger partial charge in [-0.05, 0) is 23.3 Å². The van der Waals surface area contributed by atoms with Crippen LogP contribution in [0.4, 0.5) is 0 Å². The molecule has 0 saturated carbocycles. The third-order valence-electron chi connectivity index (χ3n) is 3.57. The summed E-state index contributed by atoms with van der Waals surface area (Å²) >= 11 is 1.63. The normalized spacial score (nSPS) is 14.9. The van der Waals surface area contributed by atoms with Gasteiger partial charge in [0.2, 0.25) is 0 Å². The molecule has 0 bridgehead atoms. The summed E-state index contributed by atoms with van der Waals surface area (Å²) in [5.74, 6) is 0.00814. The van der Waals surface area contributed by atoms with Crippen LogP contribution < -0.4 is 0 Å². The number of hydrogen-bond donors (Lipinski definition) is 0. The van der Waals surface area contributed by atoms with E-state index in [1.54, 1.807) is 11.8 Å². The van der Waals surface area contributed by atoms with Crippen LogP contribution in [0.15, 0.2) is 52.3 Å². The average Bonchev–Trinajstić information content (AvgIpc) is 2.62. The summed E-state index contributed by atoms with van der Waals surface area (Å²) in [5, 5.41) is 0. The molecule has 0 radical (unpaired) electrons. The molecule has 0 amide bonds. The van der Waals surface area contributed by atoms with E-state index in [9.17, 15) is 9.59 Å². The molecule has 0 spiro atoms. The van der Waals surface area contributed by atoms with Crippen molar-refractivity contribution in [3.05, 3.63) is 59.2 Å². The largest absolute Gasteiger partial charge is 0.303 e. The molecule has 3 heteroatoms. The van der Waals surface area contributed by atoms with Crippen molar-refractivity contribution >= 4 is 23.8 Å². The Bertz CT molecular complexity index is 691. The zero-order valence-electron chi connectivity index (χ0n) is 11.1. The van der Waals surface area contributed by atoms with Crippen LogP contribution in [0, 0.1) is 0 Å². The molecule has 1 heterocycles. The summed E-state index contributed by atoms with van der Waals surface area (Å²) in [6.45, 7) is 1.87. The first-order valence-corrected chi connectivity index (χ1v) is 7.39. The fourth-order valence-corrected chi connectivity index (χ4v) is 3.45. The van der Waals surface area contributed by atoms with Crippen LogP contribution in [0.2, 0.25) is 0 Å². The highest BCUT2D eigenvalue weighted by atomic mass is 32.2. The van der Waals surface area contributed by atoms with E-state index >= 15 is 0 Å². The van der Waals surface area contributed by atoms with Crippen LogP contribution in [0.25, 0.3) is 0 Å². The van der Waals surface area contributed by atoms with Crippen molar-refractivity contribution in [3.8, 4) is 0 Å². The Balaban J connectivity index is 2.07. The van der Waals surface area contributed by atoms with Crippen molar-refractivity contribution in [2.75, 3.05) is 0 Å². The highest BCUT2D eigenvalue weighted by molar-refractivity contribution is 7.99. The molecule has 2 aromatic carbocycles. The molecule has 1 aliphatic rings. The van der Waals surface area contributed by atoms with Crippen LogP contribution in [-0.4, -0.2) is 12.1 Å². The molecule has 1 atom stereocenters. The molecule has 2 nitrogen and oxygen atoms in total. The minimum atomic E-state index is -0.133. The second-order valence-electron chi connectivity index (χ2n) is 4.99. The van der Waals surface area contributed by atoms with Crippen LogP contribution in [0.5, 0.6) is 0 Å². The van der Waals surface area contributed by atoms with Gasteiger partial charge in [-0.3, -0.25) is 4.79 Å². The van der Waals surface area contributed by atoms with Gasteiger partial charge >= 0.3 is 0 Å². The monoisotopic (exact) mass is 282 g/mol. The molecular weight excluding hydrogens is 268 g/mol. The average molecular weight is 282 g/mol. The van der Waals surface area contributed by atoms with E-state index in [0.717, 1.165) is 32.8 Å². The Labute approximate surface area is 122 Å². The van der Waals surface area contributed by atoms with E-state index in [-0.39, 0.29) is 11.7 Å². The topological polar surface area (TPSA) is 34.1 Å². The minimum Gasteiger partial charge on any atom is -0.303 e. The summed E-state index contributed by atoms with van der Waals surface area (Å²) in [6.07, 6.45) is 1.33. The van der Waals surface area contributed by atoms with E-state index in [4.69, 9.17) is 0 Å². The van der Waals surface area contributed by atoms with Crippen molar-refractivity contribution < 1.29 is 9.59 Å². The van der Waals surface area contributed by atoms with Gasteiger partial charge < -0.3 is 4.79 Å². The lowest BCUT2D eigenvalue weighted by molar-refractivity contribution is -0.108. The number of Topliss-reactive ketones (excluding diaryl/α,β-unsaturated/α-hetero) is 1. The third-order valence-corrected chi connectivity index (χ3v) is 4.77. The van der Waals surface area contributed by atoms with Crippen LogP contribution in [0.3, 0.4) is 0 Å². The molecule has 3 rings (SSSR count). The van der Waals surface area contributed by atoms with Crippen molar-refractivity contribution in [1.29, 1.82) is 0 Å². The summed E-state index contributed by atoms with van der Waals surface area (Å²) in [7, 11) is 0. The van der Waals surface area contributed by atoms with Crippen molar-refractivity contribution in [1.82, 2.24) is 0 Å². The number of ketones is 1. The molecule has 0 N–H and O–H groups in total. The highest BCUT2D eigenvalue weighted by Crippen LogP contribution is 2.37. The van der Waals surface area contributed by atoms with E-state index in [0.29, 0.717) is 6.42 Å². The maximum absolute atomic E-state index is 12.3. The van der Waals surface area contributed by atoms with E-state index in [1.807, 2.05) is 49.4 Å². The molecule has 0 aromatic heterocycles. The van der Waals surface area contributed by atoms with Gasteiger partial charge in [-0.2, -0.15) is 0 Å². The first-order chi connectivity index (χ1) is 9.69. The predicted octanol–water partition coefficient (Wildman–Crippen LogP) is 3.88. The Morgan fingerprint density at radius 3 is 2.75 bits per heavy atom. The number of rotatable bonds is 2. The van der Waals surface area contributed by atoms with Crippen LogP contribution >= 0.6 is 11.8 Å². The zero-order valence-corrected chi connectivity index (χ0v) is 11.9. The number of carbonyl (C=O) groups excluding carboxylic acids is 2. The van der Waals surface area contributed by atoms with Gasteiger partial charge in [0.05, 0.1) is 0 Å². The smallest absolute Gasteiger partial charge is 0.168 e. The van der Waals surface area contributed by atoms with Gasteiger partial charge in [0.1, 0.15) is 6.29 Å². The number of aldehydes is 1. The predicted molar refractivity (Wildman–Crippen MR) is 79.5 cm³/mol. The highest BCUT2D eigenvalue weighted by Gasteiger charge is 2.20. The molecular formula is C17H14O2S. The molecule has 100 valence electrons. The molecule has 0 saturated heterocycles. The minimum absolute atomic E-state index is 0.133. The number of fused-ring (bicyclic) bond motifs is 2. The SMILES string of the molecule is CC(C=O)c1ccc2c(c1)CC(=O)c1ccccc1S2. The Hall–Kier alpha value is -1.87. The fraction of sp³-hybridized carbons (Fsp3) is 0.176. The van der Waals surface area contributed by atoms with Crippen LogP contribution in [-0.2, 0) is 11.2 Å². The molecule has 1 aliphatic heterocycles. The Morgan fingerprint density at radius 2 is 1.95 bits per heavy atom. The molecule has 1 unspecified atom stereocenters. The van der Waals surface area contributed by atoms with E-state index in [1.165, 1.54) is 0 Å². The number of benzene rings is 2. The third kappa shape index (κ3) is 2.29. The molecule has 2 aromatic rings. The zero-order chi connectivity index (χ0) is 14.1. The number of carbonyl (C=O) groups is 2. The fourth-order valence-electron chi connectivity index (χ4n) is 2.37. The summed E-state index contributed by atoms with van der Waals surface area (Å²) in [5.41, 5.74) is 2.78. The second kappa shape index (κ2) is 5.25. The lowest BCUT2D eigenvalue weighted by Crippen LogP contribution is -2.04. The second-order valence-corrected chi connectivity index (χ2v) is 6.07. The Kier molecular flexibility index (Phi) is 3.45. The van der Waals surface area contributed by atoms with Crippen molar-refractivity contribution in [2.24, 2.45) is 0 Å². The van der Waals surface area contributed by atoms with E-state index < -0.39 is 0 Å². The summed E-state index contributed by atoms with van der Waals surface area (Å²) < 4.78 is 0. The molecule has 20 heavy (non-hydrogen) atoms. The Morgan fingerprint density at radius 1 is 1.15 bits per heavy atom. The van der Waals surface area contributed by atoms with E-state index in [2.05, 4.69) is 0 Å². The number of hydrogen-bond acceptors (Lipinski definition) is 3. The molecule has 0 aliphatic carbocycles. The lowest BCUT2D eigenvalue weighted by atomic mass is 9.97. The van der Waals surface area contributed by atoms with Crippen LogP contribution in [0.1, 0.15) is 34.3 Å². The van der Waals surface area contributed by atoms with Crippen molar-refractivity contribution in [3.63, 3.8) is 0 Å². The lowest BCUT2D eigenvalue weighted by Gasteiger charge is -2.09. The summed E-state index contributed by atoms with van der Waals surface area (Å²) in [6, 6.07) is 13.7. The van der Waals surface area contributed by atoms with Gasteiger partial charge in [0.25, 0.3) is 0 Å². The summed E-state index contributed by atoms with van der Waals surface area (Å²) in [4.78, 5) is 25.4. The van der Waals surface area contributed by atoms with Gasteiger partial charge in [-0.25, -0.2) is 0 Å². The van der Waals surface area contributed by atoms with Crippen molar-refractivity contribution in [2.45, 2.75) is 29.1 Å².